The van der Waals surface area contributed by atoms with Crippen LogP contribution < -0.4 is 48.3 Å². The number of rotatable bonds is 20. The predicted molar refractivity (Wildman–Crippen MR) is 415 cm³/mol. The van der Waals surface area contributed by atoms with Crippen molar-refractivity contribution in [3.8, 4) is 0 Å². The number of primary amides is 3. The summed E-state index contributed by atoms with van der Waals surface area (Å²) in [4.78, 5) is 192. The topological polar surface area (TPSA) is 527 Å². The van der Waals surface area contributed by atoms with E-state index in [1.165, 1.54) is 114 Å². The van der Waals surface area contributed by atoms with Crippen LogP contribution in [0.25, 0.3) is 0 Å². The van der Waals surface area contributed by atoms with Crippen molar-refractivity contribution in [2.24, 2.45) is 17.2 Å². The number of nitrogens with two attached hydrogens (primary N) is 4. The lowest BCUT2D eigenvalue weighted by atomic mass is 10.1. The number of hydrogen-bond donors (Lipinski definition) is 8. The molecule has 6 aliphatic heterocycles. The van der Waals surface area contributed by atoms with Gasteiger partial charge in [0.25, 0.3) is 47.3 Å². The normalized spacial score (nSPS) is 17.9. The minimum atomic E-state index is -1.83. The highest BCUT2D eigenvalue weighted by Crippen LogP contribution is 2.30. The standard InChI is InChI=1S/2C26H27FN4O8.C19H21FN2O8.C7H8N2O.CH4O/c2*1-15(32)39-21(24(34)29-17-4-2-16(3-5-17)23(28)33)22-26(36)31(10-13-38-22)18-6-7-20(27)19(14-18)25(35)30-8-11-37-12-9-30;1-11(23)30-16(19(26)27)15-18(25)22(6-9-29-15)12-2-3-14(20)13(10-12)17(24)21-4-7-28-8-5-21;8-6-3-1-5(2-4-6)7(9)10;1-2/h2*2-7,14,21-22H,8-13H2,1H3,(H2,28,33)(H,29,34);2-3,10,15-16H,4-9H2,1H3,(H,26,27);1-4H,8H2,(H2,9,10);2H,1H3/t2*21-,22-;15-,16-;;/m111../s1. The number of amides is 11. The number of anilines is 6. The lowest BCUT2D eigenvalue weighted by Gasteiger charge is -2.35. The molecule has 6 fully saturated rings. The maximum Gasteiger partial charge on any atom is 0.348 e. The third-order valence-corrected chi connectivity index (χ3v) is 18.3. The van der Waals surface area contributed by atoms with Gasteiger partial charge in [-0.15, -0.1) is 0 Å². The van der Waals surface area contributed by atoms with E-state index >= 15 is 0 Å². The zero-order chi connectivity index (χ0) is 87.6. The molecule has 6 saturated heterocycles. The maximum absolute atomic E-state index is 14.6. The number of carbonyl (C=O) groups excluding carboxylic acids is 14. The van der Waals surface area contributed by atoms with Gasteiger partial charge in [0, 0.05) is 138 Å². The van der Waals surface area contributed by atoms with Gasteiger partial charge < -0.3 is 116 Å². The number of aliphatic hydroxyl groups is 1. The van der Waals surface area contributed by atoms with Gasteiger partial charge in [0.2, 0.25) is 36.0 Å². The predicted octanol–water partition coefficient (Wildman–Crippen LogP) is 1.42. The molecule has 0 unspecified atom stereocenters. The number of aliphatic hydroxyl groups excluding tert-OH is 1. The van der Waals surface area contributed by atoms with E-state index in [0.29, 0.717) is 90.2 Å². The number of ether oxygens (including phenoxy) is 9. The molecular weight excluding hydrogens is 1590 g/mol. The fourth-order valence-electron chi connectivity index (χ4n) is 12.4. The van der Waals surface area contributed by atoms with E-state index in [1.54, 1.807) is 24.3 Å². The Balaban J connectivity index is 0.000000211. The van der Waals surface area contributed by atoms with Crippen molar-refractivity contribution in [1.82, 2.24) is 14.7 Å². The average molecular weight is 1680 g/mol. The quantitative estimate of drug-likeness (QED) is 0.0304. The minimum absolute atomic E-state index is 0.0289. The Bertz CT molecular complexity index is 4560. The molecule has 11 amide bonds. The van der Waals surface area contributed by atoms with Crippen LogP contribution in [0, 0.1) is 17.5 Å². The number of carboxylic acids is 1. The summed E-state index contributed by atoms with van der Waals surface area (Å²) >= 11 is 0. The van der Waals surface area contributed by atoms with Crippen LogP contribution in [0.5, 0.6) is 0 Å². The number of esters is 3. The smallest absolute Gasteiger partial charge is 0.348 e. The summed E-state index contributed by atoms with van der Waals surface area (Å²) in [6.07, 6.45) is -9.75. The summed E-state index contributed by atoms with van der Waals surface area (Å²) in [6.45, 7) is 7.19. The highest BCUT2D eigenvalue weighted by molar-refractivity contribution is 6.08. The molecule has 0 saturated carbocycles. The molecule has 640 valence electrons. The number of hydrogen-bond acceptors (Lipinski definition) is 26. The number of nitrogens with one attached hydrogen (secondary N) is 2. The van der Waals surface area contributed by atoms with E-state index in [9.17, 15) is 90.2 Å². The molecular formula is C79H87F3N12O26. The van der Waals surface area contributed by atoms with Gasteiger partial charge >= 0.3 is 23.9 Å². The third kappa shape index (κ3) is 24.6. The zero-order valence-electron chi connectivity index (χ0n) is 65.1. The Hall–Kier alpha value is -13.3. The monoisotopic (exact) mass is 1680 g/mol. The molecule has 0 spiro atoms. The average Bonchev–Trinajstić information content (AvgIpc) is 0.795. The first kappa shape index (κ1) is 92.2. The number of halogens is 3. The number of benzene rings is 6. The first-order valence-corrected chi connectivity index (χ1v) is 36.8. The van der Waals surface area contributed by atoms with E-state index in [-0.39, 0.29) is 95.7 Å². The largest absolute Gasteiger partial charge is 0.478 e. The molecule has 41 heteroatoms. The number of aliphatic carboxylic acids is 1. The second-order valence-electron chi connectivity index (χ2n) is 26.3. The molecule has 0 radical (unpaired) electrons. The molecule has 12 rings (SSSR count). The van der Waals surface area contributed by atoms with Gasteiger partial charge in [0.1, 0.15) is 17.5 Å². The molecule has 6 aromatic rings. The summed E-state index contributed by atoms with van der Waals surface area (Å²) in [6, 6.07) is 28.8. The maximum atomic E-state index is 14.6. The number of morpholine rings is 6. The molecule has 6 aliphatic rings. The Morgan fingerprint density at radius 2 is 0.650 bits per heavy atom. The summed E-state index contributed by atoms with van der Waals surface area (Å²) in [5, 5.41) is 21.4. The second-order valence-corrected chi connectivity index (χ2v) is 26.3. The van der Waals surface area contributed by atoms with Gasteiger partial charge in [-0.25, -0.2) is 18.0 Å². The van der Waals surface area contributed by atoms with Crippen LogP contribution in [0.4, 0.5) is 47.3 Å². The Morgan fingerprint density at radius 1 is 0.392 bits per heavy atom. The first-order valence-electron chi connectivity index (χ1n) is 36.8. The van der Waals surface area contributed by atoms with Crippen molar-refractivity contribution in [2.45, 2.75) is 57.4 Å². The van der Waals surface area contributed by atoms with Crippen LogP contribution in [0.3, 0.4) is 0 Å². The molecule has 12 N–H and O–H groups in total. The molecule has 38 nitrogen and oxygen atoms in total. The van der Waals surface area contributed by atoms with E-state index in [2.05, 4.69) is 10.6 Å². The Labute approximate surface area is 682 Å². The molecule has 0 bridgehead atoms. The van der Waals surface area contributed by atoms with Crippen LogP contribution in [-0.4, -0.2) is 276 Å². The third-order valence-electron chi connectivity index (χ3n) is 18.3. The highest BCUT2D eigenvalue weighted by atomic mass is 19.1. The fourth-order valence-corrected chi connectivity index (χ4v) is 12.4. The van der Waals surface area contributed by atoms with E-state index in [4.69, 9.17) is 70.7 Å². The van der Waals surface area contributed by atoms with Crippen LogP contribution in [0.15, 0.2) is 127 Å². The van der Waals surface area contributed by atoms with Crippen molar-refractivity contribution in [3.63, 3.8) is 0 Å². The van der Waals surface area contributed by atoms with Crippen molar-refractivity contribution >= 4 is 123 Å². The lowest BCUT2D eigenvalue weighted by molar-refractivity contribution is -0.177. The molecule has 0 aromatic heterocycles. The van der Waals surface area contributed by atoms with Crippen molar-refractivity contribution in [1.29, 1.82) is 0 Å². The summed E-state index contributed by atoms with van der Waals surface area (Å²) < 4.78 is 90.7. The molecule has 6 heterocycles. The number of nitrogens with zero attached hydrogens (tertiary/aromatic N) is 6. The van der Waals surface area contributed by atoms with Crippen LogP contribution in [0.2, 0.25) is 0 Å². The Kier molecular flexibility index (Phi) is 33.6. The molecule has 120 heavy (non-hydrogen) atoms. The zero-order valence-corrected chi connectivity index (χ0v) is 65.1. The van der Waals surface area contributed by atoms with Crippen molar-refractivity contribution in [3.05, 3.63) is 178 Å². The summed E-state index contributed by atoms with van der Waals surface area (Å²) in [7, 11) is 1.00. The number of nitrogen functional groups attached to an aromatic ring is 1. The molecule has 6 aromatic carbocycles. The van der Waals surface area contributed by atoms with Gasteiger partial charge in [-0.05, 0) is 127 Å². The van der Waals surface area contributed by atoms with Crippen LogP contribution >= 0.6 is 0 Å². The SMILES string of the molecule is CC(=O)O[C@@H](C(=O)Nc1ccc(C(N)=O)cc1)[C@H]1OCCN(c2ccc(F)c(C(=O)N3CCOCC3)c2)C1=O.CC(=O)O[C@@H](C(=O)Nc1ccc(C(N)=O)cc1)[C@H]1OCCN(c2ccc(F)c(C(=O)N3CCOCC3)c2)C1=O.CC(=O)O[C@@H](C(=O)O)[C@H]1OCCN(c2ccc(F)c(C(=O)N3CCOCC3)c2)C1=O.CO.NC(=O)c1ccc(N)cc1. The van der Waals surface area contributed by atoms with E-state index < -0.39 is 143 Å². The highest BCUT2D eigenvalue weighted by Gasteiger charge is 2.46. The second kappa shape index (κ2) is 43.8. The van der Waals surface area contributed by atoms with Gasteiger partial charge in [0.05, 0.1) is 76.2 Å². The van der Waals surface area contributed by atoms with Gasteiger partial charge in [-0.3, -0.25) is 67.1 Å². The summed E-state index contributed by atoms with van der Waals surface area (Å²) in [5.74, 6) is -13.5. The van der Waals surface area contributed by atoms with Gasteiger partial charge in [-0.2, -0.15) is 0 Å². The summed E-state index contributed by atoms with van der Waals surface area (Å²) in [5.41, 5.74) is 22.9. The minimum Gasteiger partial charge on any atom is -0.478 e. The number of carboxylic acid groups (broad SMARTS) is 1. The fraction of sp³-hybridized carbons (Fsp3) is 0.354. The number of carbonyl (C=O) groups is 15. The van der Waals surface area contributed by atoms with Crippen LogP contribution in [0.1, 0.15) is 82.9 Å². The van der Waals surface area contributed by atoms with Crippen molar-refractivity contribution < 1.29 is 138 Å². The Morgan fingerprint density at radius 3 is 0.908 bits per heavy atom. The van der Waals surface area contributed by atoms with E-state index in [1.807, 2.05) is 0 Å². The molecule has 6 atom stereocenters. The molecule has 0 aliphatic carbocycles. The lowest BCUT2D eigenvalue weighted by Crippen LogP contribution is -2.56. The van der Waals surface area contributed by atoms with Crippen molar-refractivity contribution in [2.75, 3.05) is 157 Å². The van der Waals surface area contributed by atoms with E-state index in [0.717, 1.165) is 46.1 Å². The first-order chi connectivity index (χ1) is 57.3. The van der Waals surface area contributed by atoms with Gasteiger partial charge in [-0.1, -0.05) is 0 Å². The van der Waals surface area contributed by atoms with Gasteiger partial charge in [0.15, 0.2) is 18.3 Å². The van der Waals surface area contributed by atoms with Crippen LogP contribution in [-0.2, 0) is 85.8 Å².